The van der Waals surface area contributed by atoms with Gasteiger partial charge in [-0.3, -0.25) is 4.79 Å². The summed E-state index contributed by atoms with van der Waals surface area (Å²) >= 11 is 0. The van der Waals surface area contributed by atoms with Crippen molar-refractivity contribution < 1.29 is 14.3 Å². The van der Waals surface area contributed by atoms with Gasteiger partial charge in [0.25, 0.3) is 0 Å². The van der Waals surface area contributed by atoms with Crippen molar-refractivity contribution in [2.45, 2.75) is 12.7 Å². The number of rotatable bonds is 3. The van der Waals surface area contributed by atoms with Gasteiger partial charge in [0.05, 0.1) is 13.2 Å². The number of Topliss-reactive ketones (excluding diaryl/α,β-unsaturated/α-hetero) is 1. The van der Waals surface area contributed by atoms with Gasteiger partial charge in [-0.1, -0.05) is 30.3 Å². The Hall–Kier alpha value is -1.19. The van der Waals surface area contributed by atoms with Gasteiger partial charge in [-0.15, -0.1) is 0 Å². The summed E-state index contributed by atoms with van der Waals surface area (Å²) in [6.45, 7) is 1.06. The van der Waals surface area contributed by atoms with Crippen molar-refractivity contribution >= 4 is 5.78 Å². The summed E-state index contributed by atoms with van der Waals surface area (Å²) < 4.78 is 10.4. The van der Waals surface area contributed by atoms with E-state index in [1.807, 2.05) is 30.3 Å². The van der Waals surface area contributed by atoms with Crippen LogP contribution in [0.3, 0.4) is 0 Å². The summed E-state index contributed by atoms with van der Waals surface area (Å²) in [4.78, 5) is 11.1. The summed E-state index contributed by atoms with van der Waals surface area (Å²) in [5.41, 5.74) is 1.08. The van der Waals surface area contributed by atoms with Crippen LogP contribution in [0.4, 0.5) is 0 Å². The van der Waals surface area contributed by atoms with Crippen LogP contribution >= 0.6 is 0 Å². The summed E-state index contributed by atoms with van der Waals surface area (Å²) in [6.07, 6.45) is -0.366. The normalized spacial score (nSPS) is 21.4. The molecule has 1 fully saturated rings. The SMILES string of the molecule is O=C1COCC1OCc1ccccc1. The maximum absolute atomic E-state index is 11.1. The van der Waals surface area contributed by atoms with Crippen LogP contribution in [0.25, 0.3) is 0 Å². The Balaban J connectivity index is 1.85. The van der Waals surface area contributed by atoms with E-state index in [2.05, 4.69) is 0 Å². The van der Waals surface area contributed by atoms with Crippen LogP contribution in [-0.4, -0.2) is 25.1 Å². The molecule has 3 nitrogen and oxygen atoms in total. The summed E-state index contributed by atoms with van der Waals surface area (Å²) in [5, 5.41) is 0. The fourth-order valence-electron chi connectivity index (χ4n) is 1.36. The van der Waals surface area contributed by atoms with E-state index in [1.165, 1.54) is 0 Å². The van der Waals surface area contributed by atoms with Crippen LogP contribution in [0, 0.1) is 0 Å². The fourth-order valence-corrected chi connectivity index (χ4v) is 1.36. The molecule has 1 unspecified atom stereocenters. The minimum atomic E-state index is -0.366. The van der Waals surface area contributed by atoms with Gasteiger partial charge in [0.2, 0.25) is 0 Å². The first-order valence-electron chi connectivity index (χ1n) is 4.62. The van der Waals surface area contributed by atoms with Gasteiger partial charge in [-0.05, 0) is 5.56 Å². The Morgan fingerprint density at radius 1 is 1.36 bits per heavy atom. The van der Waals surface area contributed by atoms with Gasteiger partial charge in [0.1, 0.15) is 12.7 Å². The minimum Gasteiger partial charge on any atom is -0.370 e. The number of carbonyl (C=O) groups excluding carboxylic acids is 1. The Labute approximate surface area is 82.6 Å². The van der Waals surface area contributed by atoms with Crippen molar-refractivity contribution in [3.05, 3.63) is 35.9 Å². The molecule has 1 aliphatic heterocycles. The highest BCUT2D eigenvalue weighted by Crippen LogP contribution is 2.08. The third-order valence-electron chi connectivity index (χ3n) is 2.17. The lowest BCUT2D eigenvalue weighted by atomic mass is 10.2. The van der Waals surface area contributed by atoms with Gasteiger partial charge in [0.15, 0.2) is 5.78 Å². The molecule has 0 radical (unpaired) electrons. The second-order valence-corrected chi connectivity index (χ2v) is 3.27. The number of ketones is 1. The number of ether oxygens (including phenoxy) is 2. The Morgan fingerprint density at radius 2 is 2.14 bits per heavy atom. The molecule has 1 heterocycles. The fraction of sp³-hybridized carbons (Fsp3) is 0.364. The summed E-state index contributed by atoms with van der Waals surface area (Å²) in [6, 6.07) is 9.80. The van der Waals surface area contributed by atoms with Gasteiger partial charge in [-0.2, -0.15) is 0 Å². The molecule has 0 amide bonds. The number of hydrogen-bond acceptors (Lipinski definition) is 3. The quantitative estimate of drug-likeness (QED) is 0.721. The first-order chi connectivity index (χ1) is 6.86. The molecule has 2 rings (SSSR count). The molecule has 0 aromatic heterocycles. The molecule has 0 spiro atoms. The van der Waals surface area contributed by atoms with Gasteiger partial charge in [-0.25, -0.2) is 0 Å². The average molecular weight is 192 g/mol. The lowest BCUT2D eigenvalue weighted by molar-refractivity contribution is -0.126. The predicted octanol–water partition coefficient (Wildman–Crippen LogP) is 1.17. The van der Waals surface area contributed by atoms with E-state index >= 15 is 0 Å². The second-order valence-electron chi connectivity index (χ2n) is 3.27. The third-order valence-corrected chi connectivity index (χ3v) is 2.17. The van der Waals surface area contributed by atoms with Crippen LogP contribution in [0.15, 0.2) is 30.3 Å². The van der Waals surface area contributed by atoms with Crippen LogP contribution < -0.4 is 0 Å². The highest BCUT2D eigenvalue weighted by Gasteiger charge is 2.25. The summed E-state index contributed by atoms with van der Waals surface area (Å²) in [7, 11) is 0. The molecule has 3 heteroatoms. The van der Waals surface area contributed by atoms with Crippen LogP contribution in [0.2, 0.25) is 0 Å². The lowest BCUT2D eigenvalue weighted by Gasteiger charge is -2.08. The van der Waals surface area contributed by atoms with E-state index in [9.17, 15) is 4.79 Å². The smallest absolute Gasteiger partial charge is 0.189 e. The van der Waals surface area contributed by atoms with E-state index in [0.29, 0.717) is 13.2 Å². The molecule has 0 aliphatic carbocycles. The number of benzene rings is 1. The minimum absolute atomic E-state index is 0.0425. The Bertz CT molecular complexity index is 308. The maximum atomic E-state index is 11.1. The highest BCUT2D eigenvalue weighted by molar-refractivity contribution is 5.85. The van der Waals surface area contributed by atoms with Crippen LogP contribution in [0.5, 0.6) is 0 Å². The first kappa shape index (κ1) is 9.37. The molecule has 1 aromatic rings. The first-order valence-corrected chi connectivity index (χ1v) is 4.62. The predicted molar refractivity (Wildman–Crippen MR) is 50.8 cm³/mol. The molecule has 1 saturated heterocycles. The highest BCUT2D eigenvalue weighted by atomic mass is 16.6. The molecular formula is C11H12O3. The summed E-state index contributed by atoms with van der Waals surface area (Å²) in [5.74, 6) is 0.0425. The monoisotopic (exact) mass is 192 g/mol. The Kier molecular flexibility index (Phi) is 2.91. The van der Waals surface area contributed by atoms with Gasteiger partial charge >= 0.3 is 0 Å². The van der Waals surface area contributed by atoms with Crippen LogP contribution in [-0.2, 0) is 20.9 Å². The van der Waals surface area contributed by atoms with Gasteiger partial charge in [0, 0.05) is 0 Å². The van der Waals surface area contributed by atoms with E-state index < -0.39 is 0 Å². The van der Waals surface area contributed by atoms with Gasteiger partial charge < -0.3 is 9.47 Å². The maximum Gasteiger partial charge on any atom is 0.189 e. The van der Waals surface area contributed by atoms with E-state index in [0.717, 1.165) is 5.56 Å². The van der Waals surface area contributed by atoms with Crippen molar-refractivity contribution in [1.29, 1.82) is 0 Å². The third kappa shape index (κ3) is 2.19. The van der Waals surface area contributed by atoms with Crippen LogP contribution in [0.1, 0.15) is 5.56 Å². The molecule has 74 valence electrons. The van der Waals surface area contributed by atoms with E-state index in [-0.39, 0.29) is 18.5 Å². The topological polar surface area (TPSA) is 35.5 Å². The standard InChI is InChI=1S/C11H12O3/c12-10-7-13-8-11(10)14-6-9-4-2-1-3-5-9/h1-5,11H,6-8H2. The van der Waals surface area contributed by atoms with E-state index in [4.69, 9.17) is 9.47 Å². The average Bonchev–Trinajstić information content (AvgIpc) is 2.63. The molecule has 0 N–H and O–H groups in total. The van der Waals surface area contributed by atoms with Crippen molar-refractivity contribution in [2.24, 2.45) is 0 Å². The van der Waals surface area contributed by atoms with Crippen molar-refractivity contribution in [3.63, 3.8) is 0 Å². The molecule has 1 aliphatic rings. The molecule has 14 heavy (non-hydrogen) atoms. The number of hydrogen-bond donors (Lipinski definition) is 0. The van der Waals surface area contributed by atoms with Crippen molar-refractivity contribution in [1.82, 2.24) is 0 Å². The van der Waals surface area contributed by atoms with Crippen molar-refractivity contribution in [2.75, 3.05) is 13.2 Å². The molecule has 0 bridgehead atoms. The lowest BCUT2D eigenvalue weighted by Crippen LogP contribution is -2.21. The second kappa shape index (κ2) is 4.35. The zero-order chi connectivity index (χ0) is 9.80. The largest absolute Gasteiger partial charge is 0.370 e. The van der Waals surface area contributed by atoms with Crippen molar-refractivity contribution in [3.8, 4) is 0 Å². The van der Waals surface area contributed by atoms with E-state index in [1.54, 1.807) is 0 Å². The zero-order valence-corrected chi connectivity index (χ0v) is 7.81. The molecule has 1 aromatic carbocycles. The zero-order valence-electron chi connectivity index (χ0n) is 7.81. The molecule has 0 saturated carbocycles. The Morgan fingerprint density at radius 3 is 2.79 bits per heavy atom. The molecule has 1 atom stereocenters. The number of carbonyl (C=O) groups is 1. The molecular weight excluding hydrogens is 180 g/mol.